The minimum atomic E-state index is -4.21. The number of hydrogen-bond acceptors (Lipinski definition) is 7. The lowest BCUT2D eigenvalue weighted by Crippen LogP contribution is -2.41. The summed E-state index contributed by atoms with van der Waals surface area (Å²) in [5.74, 6) is 0.412. The van der Waals surface area contributed by atoms with Crippen LogP contribution in [0.4, 0.5) is 5.69 Å². The van der Waals surface area contributed by atoms with Gasteiger partial charge in [0.25, 0.3) is 10.0 Å². The van der Waals surface area contributed by atoms with Crippen molar-refractivity contribution in [3.63, 3.8) is 0 Å². The van der Waals surface area contributed by atoms with Gasteiger partial charge in [-0.05, 0) is 57.4 Å². The Morgan fingerprint density at radius 2 is 1.61 bits per heavy atom. The summed E-state index contributed by atoms with van der Waals surface area (Å²) >= 11 is 6.15. The van der Waals surface area contributed by atoms with E-state index in [2.05, 4.69) is 5.32 Å². The summed E-state index contributed by atoms with van der Waals surface area (Å²) in [6, 6.07) is 8.78. The van der Waals surface area contributed by atoms with Crippen LogP contribution in [0, 0.1) is 0 Å². The van der Waals surface area contributed by atoms with Crippen LogP contribution in [-0.4, -0.2) is 74.3 Å². The molecule has 0 fully saturated rings. The maximum Gasteiger partial charge on any atom is 0.265 e. The van der Waals surface area contributed by atoms with Crippen molar-refractivity contribution in [1.29, 1.82) is 0 Å². The number of hydrogen-bond donors (Lipinski definition) is 1. The second kappa shape index (κ2) is 12.0. The number of amides is 1. The standard InChI is InChI=1S/C22H30ClN3O6S/c1-25(2)12-6-11-24-22(27)15-26(18-13-16(23)7-9-19(18)30-3)33(28,29)17-8-10-20(31-4)21(14-17)32-5/h7-10,13-14H,6,11-12,15H2,1-5H3,(H,24,27). The van der Waals surface area contributed by atoms with E-state index in [0.29, 0.717) is 17.3 Å². The number of ether oxygens (including phenoxy) is 3. The SMILES string of the molecule is COc1ccc(S(=O)(=O)N(CC(=O)NCCCN(C)C)c2cc(Cl)ccc2OC)cc1OC. The Kier molecular flexibility index (Phi) is 9.63. The van der Waals surface area contributed by atoms with Crippen molar-refractivity contribution in [2.75, 3.05) is 59.4 Å². The highest BCUT2D eigenvalue weighted by atomic mass is 35.5. The Labute approximate surface area is 200 Å². The summed E-state index contributed by atoms with van der Waals surface area (Å²) in [6.45, 7) is 0.735. The van der Waals surface area contributed by atoms with Gasteiger partial charge in [-0.15, -0.1) is 0 Å². The number of carbonyl (C=O) groups is 1. The van der Waals surface area contributed by atoms with Gasteiger partial charge >= 0.3 is 0 Å². The van der Waals surface area contributed by atoms with Crippen LogP contribution < -0.4 is 23.8 Å². The molecule has 9 nitrogen and oxygen atoms in total. The van der Waals surface area contributed by atoms with E-state index in [-0.39, 0.29) is 22.1 Å². The maximum absolute atomic E-state index is 13.7. The fourth-order valence-corrected chi connectivity index (χ4v) is 4.68. The first-order chi connectivity index (χ1) is 15.6. The topological polar surface area (TPSA) is 97.4 Å². The van der Waals surface area contributed by atoms with Crippen LogP contribution in [-0.2, 0) is 14.8 Å². The van der Waals surface area contributed by atoms with Gasteiger partial charge in [0.1, 0.15) is 12.3 Å². The average molecular weight is 500 g/mol. The molecule has 0 heterocycles. The zero-order valence-electron chi connectivity index (χ0n) is 19.4. The molecule has 0 aromatic heterocycles. The number of nitrogens with zero attached hydrogens (tertiary/aromatic N) is 2. The first-order valence-electron chi connectivity index (χ1n) is 10.1. The Morgan fingerprint density at radius 1 is 0.970 bits per heavy atom. The van der Waals surface area contributed by atoms with E-state index in [0.717, 1.165) is 17.3 Å². The summed E-state index contributed by atoms with van der Waals surface area (Å²) in [6.07, 6.45) is 0.724. The monoisotopic (exact) mass is 499 g/mol. The molecule has 0 aliphatic carbocycles. The number of methoxy groups -OCH3 is 3. The number of sulfonamides is 1. The smallest absolute Gasteiger partial charge is 0.265 e. The molecule has 11 heteroatoms. The van der Waals surface area contributed by atoms with Gasteiger partial charge in [0.15, 0.2) is 11.5 Å². The predicted molar refractivity (Wildman–Crippen MR) is 128 cm³/mol. The largest absolute Gasteiger partial charge is 0.495 e. The maximum atomic E-state index is 13.7. The Bertz CT molecular complexity index is 1060. The van der Waals surface area contributed by atoms with Gasteiger partial charge in [-0.3, -0.25) is 9.10 Å². The van der Waals surface area contributed by atoms with Gasteiger partial charge in [0.2, 0.25) is 5.91 Å². The fraction of sp³-hybridized carbons (Fsp3) is 0.409. The molecule has 2 aromatic rings. The quantitative estimate of drug-likeness (QED) is 0.448. The van der Waals surface area contributed by atoms with Crippen LogP contribution in [0.3, 0.4) is 0 Å². The first kappa shape index (κ1) is 26.6. The van der Waals surface area contributed by atoms with Gasteiger partial charge in [-0.1, -0.05) is 11.6 Å². The normalized spacial score (nSPS) is 11.2. The number of anilines is 1. The third-order valence-electron chi connectivity index (χ3n) is 4.74. The molecule has 0 bridgehead atoms. The van der Waals surface area contributed by atoms with Gasteiger partial charge < -0.3 is 24.4 Å². The van der Waals surface area contributed by atoms with Crippen LogP contribution in [0.2, 0.25) is 5.02 Å². The van der Waals surface area contributed by atoms with Crippen molar-refractivity contribution < 1.29 is 27.4 Å². The van der Waals surface area contributed by atoms with Crippen molar-refractivity contribution in [2.45, 2.75) is 11.3 Å². The minimum Gasteiger partial charge on any atom is -0.495 e. The lowest BCUT2D eigenvalue weighted by atomic mass is 10.3. The third kappa shape index (κ3) is 6.89. The number of nitrogens with one attached hydrogen (secondary N) is 1. The van der Waals surface area contributed by atoms with E-state index >= 15 is 0 Å². The van der Waals surface area contributed by atoms with Crippen LogP contribution in [0.15, 0.2) is 41.3 Å². The van der Waals surface area contributed by atoms with Crippen molar-refractivity contribution in [3.8, 4) is 17.2 Å². The molecule has 2 rings (SSSR count). The second-order valence-corrected chi connectivity index (χ2v) is 9.65. The highest BCUT2D eigenvalue weighted by Gasteiger charge is 2.30. The molecular formula is C22H30ClN3O6S. The van der Waals surface area contributed by atoms with Crippen LogP contribution in [0.1, 0.15) is 6.42 Å². The third-order valence-corrected chi connectivity index (χ3v) is 6.73. The lowest BCUT2D eigenvalue weighted by Gasteiger charge is -2.26. The van der Waals surface area contributed by atoms with E-state index in [1.54, 1.807) is 12.1 Å². The molecule has 33 heavy (non-hydrogen) atoms. The molecular weight excluding hydrogens is 470 g/mol. The molecule has 1 N–H and O–H groups in total. The molecule has 0 spiro atoms. The van der Waals surface area contributed by atoms with Crippen molar-refractivity contribution in [1.82, 2.24) is 10.2 Å². The molecule has 1 amide bonds. The molecule has 0 saturated carbocycles. The zero-order valence-corrected chi connectivity index (χ0v) is 21.0. The van der Waals surface area contributed by atoms with Crippen LogP contribution in [0.25, 0.3) is 0 Å². The van der Waals surface area contributed by atoms with Crippen LogP contribution >= 0.6 is 11.6 Å². The van der Waals surface area contributed by atoms with Gasteiger partial charge in [0, 0.05) is 17.6 Å². The molecule has 0 aliphatic heterocycles. The Hall–Kier alpha value is -2.69. The number of halogens is 1. The summed E-state index contributed by atoms with van der Waals surface area (Å²) < 4.78 is 44.1. The van der Waals surface area contributed by atoms with E-state index in [1.807, 2.05) is 19.0 Å². The molecule has 0 atom stereocenters. The predicted octanol–water partition coefficient (Wildman–Crippen LogP) is 2.63. The Morgan fingerprint density at radius 3 is 2.21 bits per heavy atom. The fourth-order valence-electron chi connectivity index (χ4n) is 3.07. The summed E-state index contributed by atoms with van der Waals surface area (Å²) in [5, 5.41) is 3.06. The van der Waals surface area contributed by atoms with E-state index in [9.17, 15) is 13.2 Å². The first-order valence-corrected chi connectivity index (χ1v) is 12.0. The van der Waals surface area contributed by atoms with Crippen molar-refractivity contribution >= 4 is 33.2 Å². The summed E-state index contributed by atoms with van der Waals surface area (Å²) in [7, 11) is 3.94. The number of benzene rings is 2. The van der Waals surface area contributed by atoms with Crippen molar-refractivity contribution in [2.24, 2.45) is 0 Å². The van der Waals surface area contributed by atoms with E-state index < -0.39 is 22.5 Å². The van der Waals surface area contributed by atoms with E-state index in [1.165, 1.54) is 45.6 Å². The van der Waals surface area contributed by atoms with Gasteiger partial charge in [-0.2, -0.15) is 0 Å². The molecule has 0 aliphatic rings. The van der Waals surface area contributed by atoms with E-state index in [4.69, 9.17) is 25.8 Å². The van der Waals surface area contributed by atoms with Crippen molar-refractivity contribution in [3.05, 3.63) is 41.4 Å². The highest BCUT2D eigenvalue weighted by Crippen LogP contribution is 2.36. The molecule has 0 saturated heterocycles. The van der Waals surface area contributed by atoms with Gasteiger partial charge in [0.05, 0.1) is 31.9 Å². The zero-order chi connectivity index (χ0) is 24.6. The molecule has 0 unspecified atom stereocenters. The summed E-state index contributed by atoms with van der Waals surface area (Å²) in [4.78, 5) is 14.6. The molecule has 0 radical (unpaired) electrons. The molecule has 2 aromatic carbocycles. The minimum absolute atomic E-state index is 0.0809. The second-order valence-electron chi connectivity index (χ2n) is 7.35. The molecule has 182 valence electrons. The van der Waals surface area contributed by atoms with Gasteiger partial charge in [-0.25, -0.2) is 8.42 Å². The Balaban J connectivity index is 2.46. The lowest BCUT2D eigenvalue weighted by molar-refractivity contribution is -0.119. The highest BCUT2D eigenvalue weighted by molar-refractivity contribution is 7.92. The van der Waals surface area contributed by atoms with Crippen LogP contribution in [0.5, 0.6) is 17.2 Å². The summed E-state index contributed by atoms with van der Waals surface area (Å²) in [5.41, 5.74) is 0.142. The number of rotatable bonds is 12. The average Bonchev–Trinajstić information content (AvgIpc) is 2.79. The number of carbonyl (C=O) groups excluding carboxylic acids is 1.